The van der Waals surface area contributed by atoms with Gasteiger partial charge in [-0.05, 0) is 81.0 Å². The van der Waals surface area contributed by atoms with Crippen molar-refractivity contribution in [1.82, 2.24) is 9.62 Å². The third kappa shape index (κ3) is 7.61. The first-order valence-corrected chi connectivity index (χ1v) is 15.3. The fourth-order valence-electron chi connectivity index (χ4n) is 5.78. The summed E-state index contributed by atoms with van der Waals surface area (Å²) in [5.74, 6) is 0.267. The Morgan fingerprint density at radius 1 is 1.20 bits per heavy atom. The van der Waals surface area contributed by atoms with Crippen LogP contribution in [0.25, 0.3) is 0 Å². The minimum absolute atomic E-state index is 0.0317. The van der Waals surface area contributed by atoms with Gasteiger partial charge in [0.1, 0.15) is 18.0 Å². The fourth-order valence-corrected chi connectivity index (χ4v) is 7.25. The summed E-state index contributed by atoms with van der Waals surface area (Å²) in [6, 6.07) is 5.39. The molecule has 0 unspecified atom stereocenters. The standard InChI is InChI=1S/C27H37F3N4O5S/c1-18-15-23(31-19(2)35)8-7-21(18)9-14-40(37,38)34-12-10-26(11-13-34)25(36)32-24(33-26)22-5-3-20(4-6-22)16-39-17-27(28,29)30/h7-8,15,20,22H,3-6,9-14,16-17H2,1-2H3,(H,31,35)(H,32,33,36). The van der Waals surface area contributed by atoms with Crippen LogP contribution in [0.1, 0.15) is 56.6 Å². The zero-order valence-corrected chi connectivity index (χ0v) is 23.7. The van der Waals surface area contributed by atoms with Crippen molar-refractivity contribution in [1.29, 1.82) is 0 Å². The van der Waals surface area contributed by atoms with Gasteiger partial charge in [0.05, 0.1) is 5.75 Å². The molecule has 2 fully saturated rings. The molecular weight excluding hydrogens is 549 g/mol. The Labute approximate surface area is 233 Å². The van der Waals surface area contributed by atoms with Gasteiger partial charge in [0, 0.05) is 38.2 Å². The molecule has 0 aromatic heterocycles. The summed E-state index contributed by atoms with van der Waals surface area (Å²) in [7, 11) is -3.55. The third-order valence-electron chi connectivity index (χ3n) is 8.09. The van der Waals surface area contributed by atoms with Crippen LogP contribution in [-0.2, 0) is 30.8 Å². The maximum absolute atomic E-state index is 13.1. The number of ether oxygens (including phenoxy) is 1. The van der Waals surface area contributed by atoms with Crippen LogP contribution in [0.15, 0.2) is 23.2 Å². The summed E-state index contributed by atoms with van der Waals surface area (Å²) in [5, 5.41) is 5.64. The van der Waals surface area contributed by atoms with Crippen molar-refractivity contribution < 1.29 is 35.9 Å². The van der Waals surface area contributed by atoms with Crippen LogP contribution in [-0.4, -0.2) is 74.1 Å². The highest BCUT2D eigenvalue weighted by Gasteiger charge is 2.48. The molecule has 1 aromatic carbocycles. The van der Waals surface area contributed by atoms with E-state index in [4.69, 9.17) is 9.73 Å². The second kappa shape index (κ2) is 12.2. The number of carbonyl (C=O) groups excluding carboxylic acids is 2. The topological polar surface area (TPSA) is 117 Å². The molecule has 2 heterocycles. The van der Waals surface area contributed by atoms with E-state index in [0.717, 1.165) is 11.1 Å². The molecule has 222 valence electrons. The van der Waals surface area contributed by atoms with E-state index < -0.39 is 28.3 Å². The van der Waals surface area contributed by atoms with Crippen LogP contribution in [0.5, 0.6) is 0 Å². The maximum atomic E-state index is 13.1. The van der Waals surface area contributed by atoms with Gasteiger partial charge in [-0.3, -0.25) is 14.6 Å². The van der Waals surface area contributed by atoms with E-state index in [0.29, 0.717) is 56.5 Å². The Morgan fingerprint density at radius 3 is 2.48 bits per heavy atom. The molecule has 2 amide bonds. The van der Waals surface area contributed by atoms with Gasteiger partial charge in [0.2, 0.25) is 15.9 Å². The van der Waals surface area contributed by atoms with Gasteiger partial charge in [0.15, 0.2) is 0 Å². The van der Waals surface area contributed by atoms with Crippen molar-refractivity contribution >= 4 is 33.4 Å². The highest BCUT2D eigenvalue weighted by atomic mass is 32.2. The number of hydrogen-bond acceptors (Lipinski definition) is 6. The number of carbonyl (C=O) groups is 2. The minimum atomic E-state index is -4.33. The van der Waals surface area contributed by atoms with Crippen molar-refractivity contribution in [3.8, 4) is 0 Å². The first-order valence-electron chi connectivity index (χ1n) is 13.7. The number of amidine groups is 1. The molecule has 4 rings (SSSR count). The molecular formula is C27H37F3N4O5S. The number of halogens is 3. The lowest BCUT2D eigenvalue weighted by molar-refractivity contribution is -0.177. The second-order valence-corrected chi connectivity index (χ2v) is 13.2. The zero-order chi connectivity index (χ0) is 29.1. The van der Waals surface area contributed by atoms with Gasteiger partial charge >= 0.3 is 6.18 Å². The molecule has 1 saturated heterocycles. The number of benzene rings is 1. The number of aliphatic imine (C=N–C) groups is 1. The third-order valence-corrected chi connectivity index (χ3v) is 9.96. The SMILES string of the molecule is CC(=O)Nc1ccc(CCS(=O)(=O)N2CCC3(CC2)N=C(C2CCC(COCC(F)(F)F)CC2)NC3=O)c(C)c1. The van der Waals surface area contributed by atoms with Gasteiger partial charge < -0.3 is 15.4 Å². The molecule has 9 nitrogen and oxygen atoms in total. The lowest BCUT2D eigenvalue weighted by Crippen LogP contribution is -2.51. The van der Waals surface area contributed by atoms with Gasteiger partial charge in [-0.1, -0.05) is 6.07 Å². The Hall–Kier alpha value is -2.51. The van der Waals surface area contributed by atoms with E-state index in [2.05, 4.69) is 10.6 Å². The van der Waals surface area contributed by atoms with Gasteiger partial charge in [-0.2, -0.15) is 13.2 Å². The highest BCUT2D eigenvalue weighted by molar-refractivity contribution is 7.89. The number of hydrogen-bond donors (Lipinski definition) is 2. The van der Waals surface area contributed by atoms with Crippen LogP contribution < -0.4 is 10.6 Å². The van der Waals surface area contributed by atoms with E-state index in [1.54, 1.807) is 6.07 Å². The average Bonchev–Trinajstić information content (AvgIpc) is 3.18. The smallest absolute Gasteiger partial charge is 0.372 e. The number of piperidine rings is 1. The number of anilines is 1. The predicted molar refractivity (Wildman–Crippen MR) is 144 cm³/mol. The summed E-state index contributed by atoms with van der Waals surface area (Å²) in [5.41, 5.74) is 1.48. The van der Waals surface area contributed by atoms with Crippen LogP contribution in [0.4, 0.5) is 18.9 Å². The zero-order valence-electron chi connectivity index (χ0n) is 22.8. The molecule has 1 aromatic rings. The number of amides is 2. The number of alkyl halides is 3. The fraction of sp³-hybridized carbons (Fsp3) is 0.667. The summed E-state index contributed by atoms with van der Waals surface area (Å²) < 4.78 is 69.4. The van der Waals surface area contributed by atoms with Crippen molar-refractivity contribution in [2.24, 2.45) is 16.8 Å². The largest absolute Gasteiger partial charge is 0.411 e. The molecule has 0 bridgehead atoms. The molecule has 40 heavy (non-hydrogen) atoms. The molecule has 1 spiro atoms. The van der Waals surface area contributed by atoms with Crippen LogP contribution >= 0.6 is 0 Å². The first kappa shape index (κ1) is 30.4. The van der Waals surface area contributed by atoms with Gasteiger partial charge in [0.25, 0.3) is 5.91 Å². The number of aryl methyl sites for hydroxylation is 2. The van der Waals surface area contributed by atoms with E-state index >= 15 is 0 Å². The minimum Gasteiger partial charge on any atom is -0.372 e. The molecule has 0 radical (unpaired) electrons. The number of sulfonamides is 1. The van der Waals surface area contributed by atoms with E-state index in [9.17, 15) is 31.2 Å². The molecule has 13 heteroatoms. The Morgan fingerprint density at radius 2 is 1.88 bits per heavy atom. The summed E-state index contributed by atoms with van der Waals surface area (Å²) >= 11 is 0. The van der Waals surface area contributed by atoms with Crippen molar-refractivity contribution in [3.63, 3.8) is 0 Å². The Kier molecular flexibility index (Phi) is 9.25. The summed E-state index contributed by atoms with van der Waals surface area (Å²) in [6.45, 7) is 2.54. The van der Waals surface area contributed by atoms with Crippen molar-refractivity contribution in [3.05, 3.63) is 29.3 Å². The van der Waals surface area contributed by atoms with Crippen LogP contribution in [0, 0.1) is 18.8 Å². The monoisotopic (exact) mass is 586 g/mol. The lowest BCUT2D eigenvalue weighted by atomic mass is 9.82. The van der Waals surface area contributed by atoms with Gasteiger partial charge in [-0.25, -0.2) is 12.7 Å². The first-order chi connectivity index (χ1) is 18.8. The van der Waals surface area contributed by atoms with Crippen molar-refractivity contribution in [2.45, 2.75) is 70.5 Å². The predicted octanol–water partition coefficient (Wildman–Crippen LogP) is 3.57. The molecule has 3 aliphatic rings. The van der Waals surface area contributed by atoms with E-state index in [-0.39, 0.29) is 49.1 Å². The molecule has 2 N–H and O–H groups in total. The van der Waals surface area contributed by atoms with E-state index in [1.165, 1.54) is 11.2 Å². The van der Waals surface area contributed by atoms with Crippen LogP contribution in [0.2, 0.25) is 0 Å². The lowest BCUT2D eigenvalue weighted by Gasteiger charge is -2.34. The van der Waals surface area contributed by atoms with Crippen LogP contribution in [0.3, 0.4) is 0 Å². The molecule has 1 aliphatic carbocycles. The molecule has 2 aliphatic heterocycles. The maximum Gasteiger partial charge on any atom is 0.411 e. The summed E-state index contributed by atoms with van der Waals surface area (Å²) in [6.07, 6.45) is -0.577. The Bertz CT molecular complexity index is 1240. The van der Waals surface area contributed by atoms with Gasteiger partial charge in [-0.15, -0.1) is 0 Å². The molecule has 0 atom stereocenters. The number of rotatable bonds is 9. The quantitative estimate of drug-likeness (QED) is 0.459. The second-order valence-electron chi connectivity index (χ2n) is 11.1. The number of nitrogens with one attached hydrogen (secondary N) is 2. The average molecular weight is 587 g/mol. The van der Waals surface area contributed by atoms with E-state index in [1.807, 2.05) is 19.1 Å². The molecule has 1 saturated carbocycles. The Balaban J connectivity index is 1.28. The highest BCUT2D eigenvalue weighted by Crippen LogP contribution is 2.36. The van der Waals surface area contributed by atoms with Crippen molar-refractivity contribution in [2.75, 3.05) is 37.4 Å². The normalized spacial score (nSPS) is 23.6. The number of nitrogens with zero attached hydrogens (tertiary/aromatic N) is 2. The summed E-state index contributed by atoms with van der Waals surface area (Å²) in [4.78, 5) is 29.0.